The third-order valence-corrected chi connectivity index (χ3v) is 4.22. The van der Waals surface area contributed by atoms with Gasteiger partial charge in [-0.2, -0.15) is 0 Å². The molecule has 5 heteroatoms. The molecule has 3 rings (SSSR count). The topological polar surface area (TPSA) is 38.8 Å². The van der Waals surface area contributed by atoms with Crippen LogP contribution in [-0.2, 0) is 9.57 Å². The Kier molecular flexibility index (Phi) is 4.88. The Balaban J connectivity index is 1.98. The van der Waals surface area contributed by atoms with Gasteiger partial charge in [-0.05, 0) is 31.9 Å². The Labute approximate surface area is 153 Å². The number of hydrogen-bond donors (Lipinski definition) is 0. The summed E-state index contributed by atoms with van der Waals surface area (Å²) in [5.41, 5.74) is 1.52. The lowest BCUT2D eigenvalue weighted by Crippen LogP contribution is -2.38. The van der Waals surface area contributed by atoms with E-state index in [4.69, 9.17) is 21.8 Å². The lowest BCUT2D eigenvalue weighted by Gasteiger charge is -2.26. The summed E-state index contributed by atoms with van der Waals surface area (Å²) in [4.78, 5) is 18.4. The first-order valence-corrected chi connectivity index (χ1v) is 8.61. The van der Waals surface area contributed by atoms with Crippen molar-refractivity contribution in [2.75, 3.05) is 0 Å². The molecule has 130 valence electrons. The lowest BCUT2D eigenvalue weighted by atomic mass is 9.86. The van der Waals surface area contributed by atoms with Gasteiger partial charge in [0.1, 0.15) is 0 Å². The predicted octanol–water partition coefficient (Wildman–Crippen LogP) is 4.70. The first-order chi connectivity index (χ1) is 11.9. The largest absolute Gasteiger partial charge is 0.440 e. The number of cyclic esters (lactones) is 1. The van der Waals surface area contributed by atoms with E-state index in [2.05, 4.69) is 0 Å². The highest BCUT2D eigenvalue weighted by atomic mass is 32.1. The SMILES string of the molecule is CC(C)(C)ON1C(=O)OC(C(c2ccccc2)c2ccccc2)C1=S. The Morgan fingerprint density at radius 2 is 1.48 bits per heavy atom. The second kappa shape index (κ2) is 6.94. The maximum atomic E-state index is 12.3. The van der Waals surface area contributed by atoms with Gasteiger partial charge in [0, 0.05) is 0 Å². The fourth-order valence-corrected chi connectivity index (χ4v) is 3.14. The zero-order chi connectivity index (χ0) is 18.0. The first kappa shape index (κ1) is 17.6. The van der Waals surface area contributed by atoms with E-state index in [9.17, 15) is 4.79 Å². The summed E-state index contributed by atoms with van der Waals surface area (Å²) in [7, 11) is 0. The van der Waals surface area contributed by atoms with Gasteiger partial charge in [0.25, 0.3) is 0 Å². The van der Waals surface area contributed by atoms with E-state index < -0.39 is 17.8 Å². The molecule has 4 nitrogen and oxygen atoms in total. The number of thiocarbonyl (C=S) groups is 1. The van der Waals surface area contributed by atoms with E-state index in [1.54, 1.807) is 0 Å². The number of ether oxygens (including phenoxy) is 1. The van der Waals surface area contributed by atoms with Crippen LogP contribution in [0, 0.1) is 0 Å². The highest BCUT2D eigenvalue weighted by Crippen LogP contribution is 2.35. The minimum Gasteiger partial charge on any atom is -0.436 e. The van der Waals surface area contributed by atoms with Crippen molar-refractivity contribution in [2.24, 2.45) is 0 Å². The normalized spacial score (nSPS) is 17.9. The Morgan fingerprint density at radius 1 is 1.00 bits per heavy atom. The molecule has 1 heterocycles. The summed E-state index contributed by atoms with van der Waals surface area (Å²) in [6.07, 6.45) is -1.16. The monoisotopic (exact) mass is 355 g/mol. The smallest absolute Gasteiger partial charge is 0.436 e. The van der Waals surface area contributed by atoms with Crippen molar-refractivity contribution in [2.45, 2.75) is 38.4 Å². The van der Waals surface area contributed by atoms with Crippen LogP contribution in [0.3, 0.4) is 0 Å². The molecule has 25 heavy (non-hydrogen) atoms. The number of hydroxylamine groups is 2. The molecule has 0 aliphatic carbocycles. The standard InChI is InChI=1S/C20H21NO3S/c1-20(2,3)24-21-18(25)17(23-19(21)22)16(14-10-6-4-7-11-14)15-12-8-5-9-13-15/h4-13,16-17H,1-3H3. The zero-order valence-corrected chi connectivity index (χ0v) is 15.3. The van der Waals surface area contributed by atoms with Crippen molar-refractivity contribution >= 4 is 23.3 Å². The van der Waals surface area contributed by atoms with E-state index in [0.717, 1.165) is 16.2 Å². The van der Waals surface area contributed by atoms with Gasteiger partial charge >= 0.3 is 6.09 Å². The number of hydrogen-bond acceptors (Lipinski definition) is 4. The van der Waals surface area contributed by atoms with Crippen molar-refractivity contribution in [1.82, 2.24) is 5.06 Å². The maximum Gasteiger partial charge on any atom is 0.440 e. The molecule has 2 aromatic carbocycles. The lowest BCUT2D eigenvalue weighted by molar-refractivity contribution is -0.151. The van der Waals surface area contributed by atoms with E-state index in [0.29, 0.717) is 4.99 Å². The number of amides is 1. The van der Waals surface area contributed by atoms with Gasteiger partial charge in [-0.25, -0.2) is 4.79 Å². The third kappa shape index (κ3) is 3.89. The van der Waals surface area contributed by atoms with Gasteiger partial charge in [0.15, 0.2) is 11.1 Å². The highest BCUT2D eigenvalue weighted by molar-refractivity contribution is 7.80. The van der Waals surface area contributed by atoms with Gasteiger partial charge in [0.05, 0.1) is 11.5 Å². The van der Waals surface area contributed by atoms with Crippen molar-refractivity contribution in [3.63, 3.8) is 0 Å². The van der Waals surface area contributed by atoms with Crippen LogP contribution in [0.1, 0.15) is 37.8 Å². The van der Waals surface area contributed by atoms with Crippen LogP contribution in [-0.4, -0.2) is 27.8 Å². The molecule has 0 saturated carbocycles. The van der Waals surface area contributed by atoms with Crippen LogP contribution >= 0.6 is 12.2 Å². The average Bonchev–Trinajstić information content (AvgIpc) is 2.84. The van der Waals surface area contributed by atoms with Gasteiger partial charge in [0.2, 0.25) is 0 Å². The van der Waals surface area contributed by atoms with Crippen LogP contribution in [0.2, 0.25) is 0 Å². The molecule has 1 atom stereocenters. The summed E-state index contributed by atoms with van der Waals surface area (Å²) in [6, 6.07) is 19.8. The summed E-state index contributed by atoms with van der Waals surface area (Å²) < 4.78 is 5.62. The number of rotatable bonds is 4. The first-order valence-electron chi connectivity index (χ1n) is 8.20. The quantitative estimate of drug-likeness (QED) is 0.746. The van der Waals surface area contributed by atoms with Crippen LogP contribution in [0.4, 0.5) is 4.79 Å². The predicted molar refractivity (Wildman–Crippen MR) is 100 cm³/mol. The molecule has 2 aromatic rings. The van der Waals surface area contributed by atoms with Crippen molar-refractivity contribution in [1.29, 1.82) is 0 Å². The number of carbonyl (C=O) groups excluding carboxylic acids is 1. The van der Waals surface area contributed by atoms with Gasteiger partial charge in [-0.1, -0.05) is 72.9 Å². The Bertz CT molecular complexity index is 716. The zero-order valence-electron chi connectivity index (χ0n) is 14.5. The van der Waals surface area contributed by atoms with Gasteiger partial charge < -0.3 is 4.74 Å². The second-order valence-corrected chi connectivity index (χ2v) is 7.36. The van der Waals surface area contributed by atoms with E-state index in [1.165, 1.54) is 0 Å². The van der Waals surface area contributed by atoms with E-state index in [-0.39, 0.29) is 5.92 Å². The Hall–Kier alpha value is -2.24. The number of benzene rings is 2. The van der Waals surface area contributed by atoms with Crippen molar-refractivity contribution < 1.29 is 14.4 Å². The minimum absolute atomic E-state index is 0.188. The number of nitrogens with zero attached hydrogens (tertiary/aromatic N) is 1. The molecule has 0 radical (unpaired) electrons. The summed E-state index contributed by atoms with van der Waals surface area (Å²) >= 11 is 5.54. The maximum absolute atomic E-state index is 12.3. The molecule has 1 amide bonds. The van der Waals surface area contributed by atoms with Crippen LogP contribution < -0.4 is 0 Å². The fraction of sp³-hybridized carbons (Fsp3) is 0.300. The van der Waals surface area contributed by atoms with E-state index >= 15 is 0 Å². The summed E-state index contributed by atoms with van der Waals surface area (Å²) in [5, 5.41) is 1.11. The van der Waals surface area contributed by atoms with Gasteiger partial charge in [-0.15, -0.1) is 5.06 Å². The molecule has 0 spiro atoms. The fourth-order valence-electron chi connectivity index (χ4n) is 2.84. The second-order valence-electron chi connectivity index (χ2n) is 6.94. The molecule has 0 bridgehead atoms. The summed E-state index contributed by atoms with van der Waals surface area (Å²) in [5.74, 6) is -0.188. The molecule has 1 unspecified atom stereocenters. The van der Waals surface area contributed by atoms with Crippen LogP contribution in [0.25, 0.3) is 0 Å². The van der Waals surface area contributed by atoms with Crippen molar-refractivity contribution in [3.8, 4) is 0 Å². The molecule has 1 aliphatic rings. The van der Waals surface area contributed by atoms with E-state index in [1.807, 2.05) is 81.4 Å². The molecule has 1 fully saturated rings. The van der Waals surface area contributed by atoms with Crippen molar-refractivity contribution in [3.05, 3.63) is 71.8 Å². The molecular formula is C20H21NO3S. The van der Waals surface area contributed by atoms with Gasteiger partial charge in [-0.3, -0.25) is 4.84 Å². The summed E-state index contributed by atoms with van der Waals surface area (Å²) in [6.45, 7) is 5.59. The number of carbonyl (C=O) groups is 1. The molecule has 0 aromatic heterocycles. The third-order valence-electron chi connectivity index (χ3n) is 3.82. The molecule has 0 N–H and O–H groups in total. The minimum atomic E-state index is -0.588. The molecular weight excluding hydrogens is 334 g/mol. The highest BCUT2D eigenvalue weighted by Gasteiger charge is 2.45. The van der Waals surface area contributed by atoms with Crippen LogP contribution in [0.5, 0.6) is 0 Å². The molecule has 1 saturated heterocycles. The average molecular weight is 355 g/mol. The van der Waals surface area contributed by atoms with Crippen LogP contribution in [0.15, 0.2) is 60.7 Å². The Morgan fingerprint density at radius 3 is 1.92 bits per heavy atom. The molecule has 1 aliphatic heterocycles.